The van der Waals surface area contributed by atoms with Crippen molar-refractivity contribution in [3.05, 3.63) is 21.9 Å². The van der Waals surface area contributed by atoms with Crippen LogP contribution in [0.25, 0.3) is 0 Å². The van der Waals surface area contributed by atoms with Crippen LogP contribution in [0.2, 0.25) is 0 Å². The molecule has 21 heavy (non-hydrogen) atoms. The third-order valence-electron chi connectivity index (χ3n) is 5.86. The number of rotatable bonds is 2. The smallest absolute Gasteiger partial charge is 0.230 e. The van der Waals surface area contributed by atoms with Crippen LogP contribution in [0.5, 0.6) is 0 Å². The van der Waals surface area contributed by atoms with Crippen LogP contribution in [0.1, 0.15) is 55.5 Å². The van der Waals surface area contributed by atoms with E-state index in [9.17, 15) is 4.79 Å². The van der Waals surface area contributed by atoms with Gasteiger partial charge < -0.3 is 10.6 Å². The van der Waals surface area contributed by atoms with E-state index in [4.69, 9.17) is 5.73 Å². The van der Waals surface area contributed by atoms with Gasteiger partial charge >= 0.3 is 0 Å². The highest BCUT2D eigenvalue weighted by Crippen LogP contribution is 2.50. The maximum absolute atomic E-state index is 13.3. The molecule has 0 bridgehead atoms. The second-order valence-electron chi connectivity index (χ2n) is 7.25. The van der Waals surface area contributed by atoms with Crippen molar-refractivity contribution in [3.8, 4) is 0 Å². The summed E-state index contributed by atoms with van der Waals surface area (Å²) in [4.78, 5) is 16.9. The number of hydrogen-bond donors (Lipinski definition) is 1. The molecular formula is C17H24N2OS. The molecule has 3 atom stereocenters. The predicted octanol–water partition coefficient (Wildman–Crippen LogP) is 3.10. The monoisotopic (exact) mass is 304 g/mol. The van der Waals surface area contributed by atoms with Gasteiger partial charge in [-0.1, -0.05) is 6.42 Å². The van der Waals surface area contributed by atoms with Crippen molar-refractivity contribution in [1.82, 2.24) is 4.90 Å². The number of fused-ring (bicyclic) bond motifs is 1. The van der Waals surface area contributed by atoms with Crippen LogP contribution in [-0.4, -0.2) is 23.4 Å². The molecule has 1 aliphatic heterocycles. The minimum Gasteiger partial charge on any atom is -0.334 e. The zero-order valence-corrected chi connectivity index (χ0v) is 13.5. The summed E-state index contributed by atoms with van der Waals surface area (Å²) in [5.41, 5.74) is 7.38. The first kappa shape index (κ1) is 13.8. The van der Waals surface area contributed by atoms with Gasteiger partial charge in [-0.15, -0.1) is 11.3 Å². The summed E-state index contributed by atoms with van der Waals surface area (Å²) in [5.74, 6) is 1.00. The lowest BCUT2D eigenvalue weighted by Crippen LogP contribution is -2.52. The fraction of sp³-hybridized carbons (Fsp3) is 0.706. The highest BCUT2D eigenvalue weighted by Gasteiger charge is 2.50. The molecule has 1 aromatic rings. The van der Waals surface area contributed by atoms with E-state index in [0.717, 1.165) is 32.2 Å². The van der Waals surface area contributed by atoms with Crippen molar-refractivity contribution in [1.29, 1.82) is 0 Å². The molecule has 1 aromatic heterocycles. The Labute approximate surface area is 130 Å². The number of carbonyl (C=O) groups excluding carboxylic acids is 1. The van der Waals surface area contributed by atoms with Crippen molar-refractivity contribution in [2.45, 2.75) is 57.5 Å². The molecule has 0 spiro atoms. The SMILES string of the molecule is CC1(C(=O)N2CCc3sccc3C2C2CC2)CCCC1N. The van der Waals surface area contributed by atoms with Crippen molar-refractivity contribution >= 4 is 17.2 Å². The fourth-order valence-electron chi connectivity index (χ4n) is 4.28. The van der Waals surface area contributed by atoms with Gasteiger partial charge in [0.05, 0.1) is 11.5 Å². The quantitative estimate of drug-likeness (QED) is 0.912. The van der Waals surface area contributed by atoms with Gasteiger partial charge in [-0.05, 0) is 62.0 Å². The summed E-state index contributed by atoms with van der Waals surface area (Å²) < 4.78 is 0. The Morgan fingerprint density at radius 2 is 2.24 bits per heavy atom. The van der Waals surface area contributed by atoms with Gasteiger partial charge in [0.2, 0.25) is 5.91 Å². The van der Waals surface area contributed by atoms with E-state index < -0.39 is 0 Å². The number of amides is 1. The second-order valence-corrected chi connectivity index (χ2v) is 8.25. The molecule has 114 valence electrons. The number of thiophene rings is 1. The van der Waals surface area contributed by atoms with E-state index in [1.807, 2.05) is 11.3 Å². The summed E-state index contributed by atoms with van der Waals surface area (Å²) in [7, 11) is 0. The van der Waals surface area contributed by atoms with E-state index in [1.165, 1.54) is 23.3 Å². The molecule has 4 rings (SSSR count). The molecule has 0 saturated heterocycles. The topological polar surface area (TPSA) is 46.3 Å². The molecule has 0 aromatic carbocycles. The molecular weight excluding hydrogens is 280 g/mol. The lowest BCUT2D eigenvalue weighted by atomic mass is 9.81. The molecule has 2 heterocycles. The van der Waals surface area contributed by atoms with Crippen LogP contribution in [0.4, 0.5) is 0 Å². The fourth-order valence-corrected chi connectivity index (χ4v) is 5.19. The van der Waals surface area contributed by atoms with Gasteiger partial charge in [0, 0.05) is 17.5 Å². The van der Waals surface area contributed by atoms with Gasteiger partial charge in [-0.2, -0.15) is 0 Å². The summed E-state index contributed by atoms with van der Waals surface area (Å²) in [5, 5.41) is 2.19. The van der Waals surface area contributed by atoms with Crippen molar-refractivity contribution in [2.75, 3.05) is 6.54 Å². The second kappa shape index (κ2) is 4.82. The first-order chi connectivity index (χ1) is 10.1. The molecule has 2 aliphatic carbocycles. The molecule has 2 fully saturated rings. The van der Waals surface area contributed by atoms with E-state index in [1.54, 1.807) is 0 Å². The summed E-state index contributed by atoms with van der Waals surface area (Å²) in [6.07, 6.45) is 6.60. The van der Waals surface area contributed by atoms with Crippen molar-refractivity contribution < 1.29 is 4.79 Å². The van der Waals surface area contributed by atoms with Gasteiger partial charge in [-0.3, -0.25) is 4.79 Å². The minimum absolute atomic E-state index is 0.0359. The lowest BCUT2D eigenvalue weighted by molar-refractivity contribution is -0.145. The third kappa shape index (κ3) is 2.07. The average molecular weight is 304 g/mol. The summed E-state index contributed by atoms with van der Waals surface area (Å²) >= 11 is 1.86. The standard InChI is InChI=1S/C17H24N2OS/c1-17(8-2-3-14(17)18)16(20)19-9-6-13-12(7-10-21-13)15(19)11-4-5-11/h7,10-11,14-15H,2-6,8-9,18H2,1H3. The summed E-state index contributed by atoms with van der Waals surface area (Å²) in [6.45, 7) is 2.98. The normalized spacial score (nSPS) is 35.8. The van der Waals surface area contributed by atoms with Crippen LogP contribution in [0, 0.1) is 11.3 Å². The van der Waals surface area contributed by atoms with Gasteiger partial charge in [0.1, 0.15) is 0 Å². The molecule has 3 aliphatic rings. The van der Waals surface area contributed by atoms with E-state index >= 15 is 0 Å². The third-order valence-corrected chi connectivity index (χ3v) is 6.86. The summed E-state index contributed by atoms with van der Waals surface area (Å²) in [6, 6.07) is 2.62. The average Bonchev–Trinajstić information content (AvgIpc) is 3.10. The highest BCUT2D eigenvalue weighted by atomic mass is 32.1. The van der Waals surface area contributed by atoms with E-state index in [2.05, 4.69) is 23.3 Å². The molecule has 2 N–H and O–H groups in total. The molecule has 3 nitrogen and oxygen atoms in total. The Morgan fingerprint density at radius 1 is 1.43 bits per heavy atom. The molecule has 1 amide bonds. The van der Waals surface area contributed by atoms with Crippen molar-refractivity contribution in [3.63, 3.8) is 0 Å². The Hall–Kier alpha value is -0.870. The zero-order chi connectivity index (χ0) is 14.6. The Kier molecular flexibility index (Phi) is 3.16. The molecule has 2 saturated carbocycles. The van der Waals surface area contributed by atoms with Crippen LogP contribution in [0.15, 0.2) is 11.4 Å². The first-order valence-corrected chi connectivity index (χ1v) is 9.12. The zero-order valence-electron chi connectivity index (χ0n) is 12.7. The molecule has 3 unspecified atom stereocenters. The highest BCUT2D eigenvalue weighted by molar-refractivity contribution is 7.10. The maximum atomic E-state index is 13.3. The molecule has 0 radical (unpaired) electrons. The number of carbonyl (C=O) groups is 1. The van der Waals surface area contributed by atoms with Crippen LogP contribution in [0.3, 0.4) is 0 Å². The van der Waals surface area contributed by atoms with Crippen LogP contribution >= 0.6 is 11.3 Å². The first-order valence-electron chi connectivity index (χ1n) is 8.24. The number of hydrogen-bond acceptors (Lipinski definition) is 3. The van der Waals surface area contributed by atoms with Crippen LogP contribution < -0.4 is 5.73 Å². The van der Waals surface area contributed by atoms with E-state index in [-0.39, 0.29) is 11.5 Å². The Morgan fingerprint density at radius 3 is 2.90 bits per heavy atom. The number of nitrogens with two attached hydrogens (primary N) is 1. The molecule has 4 heteroatoms. The predicted molar refractivity (Wildman–Crippen MR) is 85.1 cm³/mol. The Balaban J connectivity index is 1.67. The van der Waals surface area contributed by atoms with Gasteiger partial charge in [0.25, 0.3) is 0 Å². The van der Waals surface area contributed by atoms with Gasteiger partial charge in [-0.25, -0.2) is 0 Å². The lowest BCUT2D eigenvalue weighted by Gasteiger charge is -2.42. The van der Waals surface area contributed by atoms with Crippen LogP contribution in [-0.2, 0) is 11.2 Å². The van der Waals surface area contributed by atoms with E-state index in [0.29, 0.717) is 17.9 Å². The van der Waals surface area contributed by atoms with Crippen molar-refractivity contribution in [2.24, 2.45) is 17.1 Å². The largest absolute Gasteiger partial charge is 0.334 e. The maximum Gasteiger partial charge on any atom is 0.230 e. The Bertz CT molecular complexity index is 565. The minimum atomic E-state index is -0.333. The van der Waals surface area contributed by atoms with Gasteiger partial charge in [0.15, 0.2) is 0 Å². The number of nitrogens with zero attached hydrogens (tertiary/aromatic N) is 1.